The third-order valence-electron chi connectivity index (χ3n) is 1.91. The molecule has 0 aliphatic rings. The molecule has 1 aromatic heterocycles. The average molecular weight is 347 g/mol. The van der Waals surface area contributed by atoms with Crippen molar-refractivity contribution in [1.82, 2.24) is 20.6 Å². The van der Waals surface area contributed by atoms with Gasteiger partial charge in [0.05, 0.1) is 12.1 Å². The van der Waals surface area contributed by atoms with Crippen molar-refractivity contribution in [1.29, 1.82) is 0 Å². The van der Waals surface area contributed by atoms with Crippen LogP contribution in [0.5, 0.6) is 0 Å². The number of hydrogen-bond donors (Lipinski definition) is 2. The Morgan fingerprint density at radius 3 is 3.00 bits per heavy atom. The Bertz CT molecular complexity index is 530. The minimum absolute atomic E-state index is 0.0536. The molecule has 0 radical (unpaired) electrons. The second-order valence-corrected chi connectivity index (χ2v) is 4.42. The van der Waals surface area contributed by atoms with E-state index in [1.165, 1.54) is 12.1 Å². The van der Waals surface area contributed by atoms with Crippen LogP contribution < -0.4 is 5.32 Å². The van der Waals surface area contributed by atoms with Crippen molar-refractivity contribution in [2.45, 2.75) is 6.42 Å². The molecule has 1 amide bonds. The first-order chi connectivity index (χ1) is 8.15. The summed E-state index contributed by atoms with van der Waals surface area (Å²) in [6.07, 6.45) is -0.0536. The van der Waals surface area contributed by atoms with E-state index in [4.69, 9.17) is 0 Å². The van der Waals surface area contributed by atoms with Gasteiger partial charge in [-0.15, -0.1) is 10.2 Å². The Kier molecular flexibility index (Phi) is 3.61. The van der Waals surface area contributed by atoms with E-state index in [2.05, 4.69) is 25.9 Å². The van der Waals surface area contributed by atoms with E-state index in [0.29, 0.717) is 0 Å². The van der Waals surface area contributed by atoms with Gasteiger partial charge < -0.3 is 5.32 Å². The molecule has 2 aromatic rings. The van der Waals surface area contributed by atoms with Crippen LogP contribution in [0.2, 0.25) is 0 Å². The molecular weight excluding hydrogens is 340 g/mol. The van der Waals surface area contributed by atoms with Gasteiger partial charge in [-0.3, -0.25) is 4.79 Å². The van der Waals surface area contributed by atoms with Crippen molar-refractivity contribution in [2.75, 3.05) is 5.32 Å². The number of carbonyl (C=O) groups excluding carboxylic acids is 1. The summed E-state index contributed by atoms with van der Waals surface area (Å²) in [5, 5.41) is 15.3. The SMILES string of the molecule is O=C(Cc1nn[nH]n1)Nc1ccc(I)cc1F. The largest absolute Gasteiger partial charge is 0.323 e. The number of halogens is 2. The number of nitrogens with zero attached hydrogens (tertiary/aromatic N) is 3. The first-order valence-electron chi connectivity index (χ1n) is 4.62. The van der Waals surface area contributed by atoms with Gasteiger partial charge in [0.2, 0.25) is 5.91 Å². The van der Waals surface area contributed by atoms with Gasteiger partial charge in [-0.25, -0.2) is 4.39 Å². The minimum atomic E-state index is -0.474. The molecule has 0 atom stereocenters. The third kappa shape index (κ3) is 3.19. The molecule has 0 saturated heterocycles. The summed E-state index contributed by atoms with van der Waals surface area (Å²) in [6, 6.07) is 4.54. The second-order valence-electron chi connectivity index (χ2n) is 3.18. The highest BCUT2D eigenvalue weighted by Gasteiger charge is 2.10. The molecule has 0 saturated carbocycles. The zero-order chi connectivity index (χ0) is 12.3. The Morgan fingerprint density at radius 1 is 1.53 bits per heavy atom. The lowest BCUT2D eigenvalue weighted by atomic mass is 10.3. The zero-order valence-corrected chi connectivity index (χ0v) is 10.6. The molecule has 17 heavy (non-hydrogen) atoms. The molecule has 8 heteroatoms. The number of anilines is 1. The molecule has 0 unspecified atom stereocenters. The first kappa shape index (κ1) is 11.9. The van der Waals surface area contributed by atoms with E-state index < -0.39 is 11.7 Å². The van der Waals surface area contributed by atoms with Crippen LogP contribution in [0, 0.1) is 9.39 Å². The Balaban J connectivity index is 2.03. The van der Waals surface area contributed by atoms with Gasteiger partial charge in [0, 0.05) is 3.57 Å². The molecule has 0 aliphatic heterocycles. The highest BCUT2D eigenvalue weighted by atomic mass is 127. The van der Waals surface area contributed by atoms with Crippen molar-refractivity contribution < 1.29 is 9.18 Å². The Morgan fingerprint density at radius 2 is 2.35 bits per heavy atom. The number of aromatic amines is 1. The van der Waals surface area contributed by atoms with E-state index in [1.807, 2.05) is 22.6 Å². The highest BCUT2D eigenvalue weighted by molar-refractivity contribution is 14.1. The maximum absolute atomic E-state index is 13.4. The van der Waals surface area contributed by atoms with Crippen molar-refractivity contribution in [3.8, 4) is 0 Å². The van der Waals surface area contributed by atoms with Gasteiger partial charge in [-0.05, 0) is 40.8 Å². The molecular formula is C9H7FIN5O. The zero-order valence-electron chi connectivity index (χ0n) is 8.44. The Hall–Kier alpha value is -1.58. The molecule has 1 heterocycles. The lowest BCUT2D eigenvalue weighted by Crippen LogP contribution is -2.16. The fourth-order valence-corrected chi connectivity index (χ4v) is 1.64. The van der Waals surface area contributed by atoms with Crippen LogP contribution in [0.25, 0.3) is 0 Å². The molecule has 0 aliphatic carbocycles. The van der Waals surface area contributed by atoms with Crippen LogP contribution in [0.1, 0.15) is 5.82 Å². The van der Waals surface area contributed by atoms with Crippen LogP contribution in [-0.4, -0.2) is 26.5 Å². The van der Waals surface area contributed by atoms with Gasteiger partial charge in [0.15, 0.2) is 5.82 Å². The maximum atomic E-state index is 13.4. The summed E-state index contributed by atoms with van der Waals surface area (Å²) in [6.45, 7) is 0. The predicted molar refractivity (Wildman–Crippen MR) is 65.6 cm³/mol. The lowest BCUT2D eigenvalue weighted by molar-refractivity contribution is -0.115. The number of benzene rings is 1. The number of carbonyl (C=O) groups is 1. The quantitative estimate of drug-likeness (QED) is 0.816. The molecule has 88 valence electrons. The fourth-order valence-electron chi connectivity index (χ4n) is 1.19. The van der Waals surface area contributed by atoms with E-state index in [9.17, 15) is 9.18 Å². The van der Waals surface area contributed by atoms with Crippen LogP contribution >= 0.6 is 22.6 Å². The summed E-state index contributed by atoms with van der Waals surface area (Å²) in [5.74, 6) is -0.613. The van der Waals surface area contributed by atoms with Gasteiger partial charge in [-0.2, -0.15) is 5.21 Å². The van der Waals surface area contributed by atoms with Crippen LogP contribution in [0.3, 0.4) is 0 Å². The number of amides is 1. The number of tetrazole rings is 1. The first-order valence-corrected chi connectivity index (χ1v) is 5.70. The lowest BCUT2D eigenvalue weighted by Gasteiger charge is -2.05. The normalized spacial score (nSPS) is 10.2. The van der Waals surface area contributed by atoms with Crippen LogP contribution in [-0.2, 0) is 11.2 Å². The number of rotatable bonds is 3. The molecule has 6 nitrogen and oxygen atoms in total. The highest BCUT2D eigenvalue weighted by Crippen LogP contribution is 2.16. The van der Waals surface area contributed by atoms with Crippen LogP contribution in [0.15, 0.2) is 18.2 Å². The van der Waals surface area contributed by atoms with Gasteiger partial charge >= 0.3 is 0 Å². The van der Waals surface area contributed by atoms with Gasteiger partial charge in [0.1, 0.15) is 5.82 Å². The number of aromatic nitrogens is 4. The predicted octanol–water partition coefficient (Wildman–Crippen LogP) is 1.12. The summed E-state index contributed by atoms with van der Waals surface area (Å²) in [4.78, 5) is 11.5. The van der Waals surface area contributed by atoms with E-state index in [-0.39, 0.29) is 17.9 Å². The smallest absolute Gasteiger partial charge is 0.232 e. The fraction of sp³-hybridized carbons (Fsp3) is 0.111. The second kappa shape index (κ2) is 5.17. The monoisotopic (exact) mass is 347 g/mol. The maximum Gasteiger partial charge on any atom is 0.232 e. The van der Waals surface area contributed by atoms with Crippen LogP contribution in [0.4, 0.5) is 10.1 Å². The van der Waals surface area contributed by atoms with E-state index in [0.717, 1.165) is 3.57 Å². The molecule has 2 rings (SSSR count). The summed E-state index contributed by atoms with van der Waals surface area (Å²) < 4.78 is 14.2. The molecule has 1 aromatic carbocycles. The molecule has 0 spiro atoms. The average Bonchev–Trinajstić information content (AvgIpc) is 2.75. The summed E-state index contributed by atoms with van der Waals surface area (Å²) in [7, 11) is 0. The molecule has 2 N–H and O–H groups in total. The molecule has 0 bridgehead atoms. The van der Waals surface area contributed by atoms with Crippen molar-refractivity contribution >= 4 is 34.2 Å². The topological polar surface area (TPSA) is 83.6 Å². The molecule has 0 fully saturated rings. The third-order valence-corrected chi connectivity index (χ3v) is 2.58. The van der Waals surface area contributed by atoms with Gasteiger partial charge in [0.25, 0.3) is 0 Å². The summed E-state index contributed by atoms with van der Waals surface area (Å²) in [5.41, 5.74) is 0.138. The number of nitrogens with one attached hydrogen (secondary N) is 2. The number of hydrogen-bond acceptors (Lipinski definition) is 4. The minimum Gasteiger partial charge on any atom is -0.323 e. The summed E-state index contributed by atoms with van der Waals surface area (Å²) >= 11 is 1.99. The van der Waals surface area contributed by atoms with E-state index >= 15 is 0 Å². The van der Waals surface area contributed by atoms with Crippen molar-refractivity contribution in [3.05, 3.63) is 33.4 Å². The van der Waals surface area contributed by atoms with Gasteiger partial charge in [-0.1, -0.05) is 5.21 Å². The number of H-pyrrole nitrogens is 1. The van der Waals surface area contributed by atoms with E-state index in [1.54, 1.807) is 6.07 Å². The van der Waals surface area contributed by atoms with Crippen molar-refractivity contribution in [2.24, 2.45) is 0 Å². The van der Waals surface area contributed by atoms with Crippen molar-refractivity contribution in [3.63, 3.8) is 0 Å². The Labute approximate surface area is 109 Å². The standard InChI is InChI=1S/C9H7FIN5O/c10-6-3-5(11)1-2-7(6)12-9(17)4-8-13-15-16-14-8/h1-3H,4H2,(H,12,17)(H,13,14,15,16).